The minimum absolute atomic E-state index is 0.244. The number of rotatable bonds is 8. The summed E-state index contributed by atoms with van der Waals surface area (Å²) in [6.07, 6.45) is 16.9. The SMILES string of the molecule is C=CC(C)(C)C(C)C1C(CC=CC)C1CCC1CC=CC(C)N(C)C1. The molecular weight excluding hydrogens is 302 g/mol. The molecule has 2 aliphatic rings. The summed E-state index contributed by atoms with van der Waals surface area (Å²) in [6.45, 7) is 17.0. The molecular formula is C24H41N. The van der Waals surface area contributed by atoms with Crippen LogP contribution in [0.15, 0.2) is 37.0 Å². The van der Waals surface area contributed by atoms with Gasteiger partial charge in [0.25, 0.3) is 0 Å². The van der Waals surface area contributed by atoms with Crippen molar-refractivity contribution in [3.05, 3.63) is 37.0 Å². The zero-order valence-corrected chi connectivity index (χ0v) is 17.5. The first kappa shape index (κ1) is 20.5. The zero-order valence-electron chi connectivity index (χ0n) is 17.5. The molecule has 2 rings (SSSR count). The van der Waals surface area contributed by atoms with Gasteiger partial charge in [0.05, 0.1) is 0 Å². The molecule has 6 atom stereocenters. The van der Waals surface area contributed by atoms with Gasteiger partial charge >= 0.3 is 0 Å². The first-order chi connectivity index (χ1) is 11.8. The van der Waals surface area contributed by atoms with Gasteiger partial charge in [-0.05, 0) is 81.6 Å². The Hall–Kier alpha value is -0.820. The Morgan fingerprint density at radius 1 is 1.28 bits per heavy atom. The molecule has 0 aromatic rings. The fourth-order valence-electron chi connectivity index (χ4n) is 4.83. The van der Waals surface area contributed by atoms with E-state index in [9.17, 15) is 0 Å². The van der Waals surface area contributed by atoms with Crippen LogP contribution in [0.5, 0.6) is 0 Å². The third-order valence-corrected chi connectivity index (χ3v) is 7.35. The van der Waals surface area contributed by atoms with Crippen LogP contribution in [0.2, 0.25) is 0 Å². The second kappa shape index (κ2) is 8.71. The average molecular weight is 344 g/mol. The predicted octanol–water partition coefficient (Wildman–Crippen LogP) is 6.34. The summed E-state index contributed by atoms with van der Waals surface area (Å²) in [7, 11) is 2.27. The van der Waals surface area contributed by atoms with Gasteiger partial charge in [0.15, 0.2) is 0 Å². The summed E-state index contributed by atoms with van der Waals surface area (Å²) < 4.78 is 0. The van der Waals surface area contributed by atoms with Crippen molar-refractivity contribution < 1.29 is 0 Å². The highest BCUT2D eigenvalue weighted by Crippen LogP contribution is 2.59. The van der Waals surface area contributed by atoms with E-state index >= 15 is 0 Å². The summed E-state index contributed by atoms with van der Waals surface area (Å²) in [4.78, 5) is 2.51. The van der Waals surface area contributed by atoms with Gasteiger partial charge in [0.2, 0.25) is 0 Å². The van der Waals surface area contributed by atoms with Gasteiger partial charge in [-0.3, -0.25) is 4.90 Å². The summed E-state index contributed by atoms with van der Waals surface area (Å²) in [5.74, 6) is 4.24. The molecule has 1 heteroatoms. The molecule has 0 aromatic carbocycles. The normalized spacial score (nSPS) is 34.9. The molecule has 25 heavy (non-hydrogen) atoms. The van der Waals surface area contributed by atoms with Crippen molar-refractivity contribution in [2.75, 3.05) is 13.6 Å². The number of hydrogen-bond donors (Lipinski definition) is 0. The maximum Gasteiger partial charge on any atom is 0.0246 e. The fraction of sp³-hybridized carbons (Fsp3) is 0.750. The van der Waals surface area contributed by atoms with Gasteiger partial charge in [0.1, 0.15) is 0 Å². The van der Waals surface area contributed by atoms with E-state index in [-0.39, 0.29) is 5.41 Å². The summed E-state index contributed by atoms with van der Waals surface area (Å²) in [5.41, 5.74) is 0.244. The monoisotopic (exact) mass is 343 g/mol. The lowest BCUT2D eigenvalue weighted by atomic mass is 9.76. The molecule has 1 heterocycles. The van der Waals surface area contributed by atoms with E-state index in [4.69, 9.17) is 0 Å². The van der Waals surface area contributed by atoms with Crippen molar-refractivity contribution in [3.63, 3.8) is 0 Å². The molecule has 0 N–H and O–H groups in total. The third kappa shape index (κ3) is 5.09. The minimum atomic E-state index is 0.244. The van der Waals surface area contributed by atoms with Gasteiger partial charge in [-0.15, -0.1) is 6.58 Å². The van der Waals surface area contributed by atoms with Crippen LogP contribution < -0.4 is 0 Å². The van der Waals surface area contributed by atoms with Crippen LogP contribution in [0.1, 0.15) is 60.3 Å². The molecule has 6 unspecified atom stereocenters. The van der Waals surface area contributed by atoms with E-state index in [2.05, 4.69) is 83.5 Å². The lowest BCUT2D eigenvalue weighted by molar-refractivity contribution is 0.236. The highest BCUT2D eigenvalue weighted by molar-refractivity contribution is 5.08. The first-order valence-corrected chi connectivity index (χ1v) is 10.4. The highest BCUT2D eigenvalue weighted by Gasteiger charge is 2.53. The van der Waals surface area contributed by atoms with Crippen LogP contribution in [-0.4, -0.2) is 24.5 Å². The second-order valence-corrected chi connectivity index (χ2v) is 9.31. The number of likely N-dealkylation sites (N-methyl/N-ethyl adjacent to an activating group) is 1. The quantitative estimate of drug-likeness (QED) is 0.465. The number of nitrogens with zero attached hydrogens (tertiary/aromatic N) is 1. The molecule has 1 aliphatic carbocycles. The number of allylic oxidation sites excluding steroid dienone is 4. The topological polar surface area (TPSA) is 3.24 Å². The van der Waals surface area contributed by atoms with Crippen molar-refractivity contribution >= 4 is 0 Å². The predicted molar refractivity (Wildman–Crippen MR) is 112 cm³/mol. The van der Waals surface area contributed by atoms with Crippen LogP contribution >= 0.6 is 0 Å². The Bertz CT molecular complexity index is 486. The Morgan fingerprint density at radius 3 is 2.64 bits per heavy atom. The van der Waals surface area contributed by atoms with Crippen LogP contribution in [0.25, 0.3) is 0 Å². The van der Waals surface area contributed by atoms with E-state index in [1.807, 2.05) is 0 Å². The Kier molecular flexibility index (Phi) is 7.14. The van der Waals surface area contributed by atoms with Crippen LogP contribution in [0, 0.1) is 35.0 Å². The average Bonchev–Trinajstić information content (AvgIpc) is 3.30. The molecule has 0 saturated heterocycles. The molecule has 1 fully saturated rings. The fourth-order valence-corrected chi connectivity index (χ4v) is 4.83. The van der Waals surface area contributed by atoms with E-state index in [0.29, 0.717) is 6.04 Å². The number of hydrogen-bond acceptors (Lipinski definition) is 1. The minimum Gasteiger partial charge on any atom is -0.300 e. The molecule has 142 valence electrons. The first-order valence-electron chi connectivity index (χ1n) is 10.4. The van der Waals surface area contributed by atoms with Gasteiger partial charge < -0.3 is 0 Å². The van der Waals surface area contributed by atoms with E-state index in [1.54, 1.807) is 0 Å². The lowest BCUT2D eigenvalue weighted by Crippen LogP contribution is -2.30. The maximum atomic E-state index is 4.09. The smallest absolute Gasteiger partial charge is 0.0246 e. The van der Waals surface area contributed by atoms with E-state index in [1.165, 1.54) is 32.2 Å². The lowest BCUT2D eigenvalue weighted by Gasteiger charge is -2.29. The molecule has 1 saturated carbocycles. The zero-order chi connectivity index (χ0) is 18.6. The van der Waals surface area contributed by atoms with E-state index < -0.39 is 0 Å². The Labute approximate surface area is 157 Å². The molecule has 0 bridgehead atoms. The van der Waals surface area contributed by atoms with Gasteiger partial charge in [0, 0.05) is 12.6 Å². The van der Waals surface area contributed by atoms with Gasteiger partial charge in [-0.2, -0.15) is 0 Å². The van der Waals surface area contributed by atoms with Crippen LogP contribution in [0.4, 0.5) is 0 Å². The largest absolute Gasteiger partial charge is 0.300 e. The summed E-state index contributed by atoms with van der Waals surface area (Å²) in [6, 6.07) is 0.592. The molecule has 1 aliphatic heterocycles. The molecule has 0 amide bonds. The van der Waals surface area contributed by atoms with Gasteiger partial charge in [-0.25, -0.2) is 0 Å². The molecule has 0 aromatic heterocycles. The van der Waals surface area contributed by atoms with Crippen molar-refractivity contribution in [2.45, 2.75) is 66.3 Å². The summed E-state index contributed by atoms with van der Waals surface area (Å²) in [5, 5.41) is 0. The maximum absolute atomic E-state index is 4.09. The van der Waals surface area contributed by atoms with Gasteiger partial charge in [-0.1, -0.05) is 51.2 Å². The second-order valence-electron chi connectivity index (χ2n) is 9.31. The Balaban J connectivity index is 1.94. The standard InChI is InChI=1S/C24H41N/c1-8-10-14-21-22(23(21)19(4)24(5,6)9-2)16-15-20-13-11-12-18(3)25(7)17-20/h8-12,18-23H,2,13-17H2,1,3-7H3. The van der Waals surface area contributed by atoms with Crippen molar-refractivity contribution in [1.82, 2.24) is 4.90 Å². The Morgan fingerprint density at radius 2 is 2.00 bits per heavy atom. The molecule has 1 nitrogen and oxygen atoms in total. The molecule has 0 spiro atoms. The van der Waals surface area contributed by atoms with Crippen LogP contribution in [-0.2, 0) is 0 Å². The summed E-state index contributed by atoms with van der Waals surface area (Å²) >= 11 is 0. The highest BCUT2D eigenvalue weighted by atomic mass is 15.1. The van der Waals surface area contributed by atoms with Crippen molar-refractivity contribution in [2.24, 2.45) is 35.0 Å². The van der Waals surface area contributed by atoms with E-state index in [0.717, 1.165) is 29.6 Å². The third-order valence-electron chi connectivity index (χ3n) is 7.35. The molecule has 0 radical (unpaired) electrons. The van der Waals surface area contributed by atoms with Crippen molar-refractivity contribution in [3.8, 4) is 0 Å². The van der Waals surface area contributed by atoms with Crippen molar-refractivity contribution in [1.29, 1.82) is 0 Å². The van der Waals surface area contributed by atoms with Crippen LogP contribution in [0.3, 0.4) is 0 Å².